The van der Waals surface area contributed by atoms with E-state index in [1.165, 1.54) is 51.6 Å². The van der Waals surface area contributed by atoms with E-state index in [1.807, 2.05) is 0 Å². The molecule has 3 rings (SSSR count). The van der Waals surface area contributed by atoms with Crippen LogP contribution >= 0.6 is 0 Å². The first kappa shape index (κ1) is 14.9. The van der Waals surface area contributed by atoms with Crippen molar-refractivity contribution in [2.75, 3.05) is 13.1 Å². The Hall–Kier alpha value is -0.0400. The highest BCUT2D eigenvalue weighted by molar-refractivity contribution is 4.92. The monoisotopic (exact) mass is 277 g/mol. The molecule has 0 aliphatic heterocycles. The molecule has 0 aromatic rings. The molecule has 0 saturated heterocycles. The predicted octanol–water partition coefficient (Wildman–Crippen LogP) is 5.01. The summed E-state index contributed by atoms with van der Waals surface area (Å²) in [5.41, 5.74) is 0. The van der Waals surface area contributed by atoms with Gasteiger partial charge in [0.2, 0.25) is 0 Å². The van der Waals surface area contributed by atoms with Crippen molar-refractivity contribution in [3.63, 3.8) is 0 Å². The fourth-order valence-electron chi connectivity index (χ4n) is 5.56. The Labute approximate surface area is 126 Å². The van der Waals surface area contributed by atoms with Crippen LogP contribution in [-0.2, 0) is 0 Å². The molecule has 0 radical (unpaired) electrons. The van der Waals surface area contributed by atoms with E-state index >= 15 is 0 Å². The summed E-state index contributed by atoms with van der Waals surface area (Å²) in [6.45, 7) is 4.81. The molecular weight excluding hydrogens is 242 g/mol. The summed E-state index contributed by atoms with van der Waals surface area (Å²) in [4.78, 5) is 0. The minimum absolute atomic E-state index is 0.989. The molecule has 2 bridgehead atoms. The second-order valence-electron chi connectivity index (χ2n) is 8.03. The summed E-state index contributed by atoms with van der Waals surface area (Å²) in [6, 6.07) is 0. The lowest BCUT2D eigenvalue weighted by atomic mass is 9.76. The lowest BCUT2D eigenvalue weighted by Gasteiger charge is -2.31. The Morgan fingerprint density at radius 2 is 1.70 bits per heavy atom. The van der Waals surface area contributed by atoms with Crippen molar-refractivity contribution in [1.29, 1.82) is 0 Å². The van der Waals surface area contributed by atoms with Crippen molar-refractivity contribution in [1.82, 2.24) is 5.32 Å². The van der Waals surface area contributed by atoms with E-state index in [-0.39, 0.29) is 0 Å². The molecule has 0 heterocycles. The van der Waals surface area contributed by atoms with Crippen LogP contribution in [0.5, 0.6) is 0 Å². The third-order valence-electron chi connectivity index (χ3n) is 6.64. The maximum Gasteiger partial charge on any atom is -0.00179 e. The molecular formula is C19H35N. The Balaban J connectivity index is 1.53. The quantitative estimate of drug-likeness (QED) is 0.531. The molecule has 3 saturated carbocycles. The average molecular weight is 277 g/mol. The van der Waals surface area contributed by atoms with Crippen LogP contribution in [0.3, 0.4) is 0 Å². The van der Waals surface area contributed by atoms with Gasteiger partial charge >= 0.3 is 0 Å². The van der Waals surface area contributed by atoms with Crippen LogP contribution < -0.4 is 5.32 Å². The van der Waals surface area contributed by atoms with Gasteiger partial charge in [-0.15, -0.1) is 0 Å². The van der Waals surface area contributed by atoms with Gasteiger partial charge in [-0.2, -0.15) is 0 Å². The van der Waals surface area contributed by atoms with Crippen molar-refractivity contribution in [3.05, 3.63) is 0 Å². The summed E-state index contributed by atoms with van der Waals surface area (Å²) in [5.74, 6) is 5.42. The van der Waals surface area contributed by atoms with Gasteiger partial charge in [-0.3, -0.25) is 0 Å². The van der Waals surface area contributed by atoms with E-state index in [0.29, 0.717) is 0 Å². The van der Waals surface area contributed by atoms with Crippen molar-refractivity contribution < 1.29 is 0 Å². The van der Waals surface area contributed by atoms with Gasteiger partial charge in [0.1, 0.15) is 0 Å². The first-order valence-electron chi connectivity index (χ1n) is 9.57. The molecule has 5 unspecified atom stereocenters. The van der Waals surface area contributed by atoms with E-state index < -0.39 is 0 Å². The highest BCUT2D eigenvalue weighted by Gasteiger charge is 2.40. The molecule has 1 nitrogen and oxygen atoms in total. The predicted molar refractivity (Wildman–Crippen MR) is 86.8 cm³/mol. The topological polar surface area (TPSA) is 12.0 Å². The van der Waals surface area contributed by atoms with Crippen molar-refractivity contribution >= 4 is 0 Å². The summed E-state index contributed by atoms with van der Waals surface area (Å²) in [7, 11) is 0. The van der Waals surface area contributed by atoms with E-state index in [4.69, 9.17) is 0 Å². The van der Waals surface area contributed by atoms with Crippen molar-refractivity contribution in [3.8, 4) is 0 Å². The Bertz CT molecular complexity index is 287. The largest absolute Gasteiger partial charge is 0.316 e. The van der Waals surface area contributed by atoms with Crippen LogP contribution in [0.15, 0.2) is 0 Å². The second kappa shape index (κ2) is 7.29. The second-order valence-corrected chi connectivity index (χ2v) is 8.03. The highest BCUT2D eigenvalue weighted by atomic mass is 14.9. The summed E-state index contributed by atoms with van der Waals surface area (Å²) in [5, 5.41) is 3.72. The van der Waals surface area contributed by atoms with Crippen LogP contribution in [0.25, 0.3) is 0 Å². The van der Waals surface area contributed by atoms with Gasteiger partial charge in [-0.1, -0.05) is 39.0 Å². The van der Waals surface area contributed by atoms with Gasteiger partial charge in [0, 0.05) is 0 Å². The molecule has 0 spiro atoms. The number of hydrogen-bond donors (Lipinski definition) is 1. The summed E-state index contributed by atoms with van der Waals surface area (Å²) in [6.07, 6.45) is 16.7. The van der Waals surface area contributed by atoms with Gasteiger partial charge in [0.15, 0.2) is 0 Å². The molecule has 3 aliphatic carbocycles. The van der Waals surface area contributed by atoms with Crippen LogP contribution in [0.1, 0.15) is 77.6 Å². The summed E-state index contributed by atoms with van der Waals surface area (Å²) < 4.78 is 0. The maximum absolute atomic E-state index is 3.72. The summed E-state index contributed by atoms with van der Waals surface area (Å²) >= 11 is 0. The first-order chi connectivity index (χ1) is 9.86. The number of hydrogen-bond acceptors (Lipinski definition) is 1. The highest BCUT2D eigenvalue weighted by Crippen LogP contribution is 2.51. The van der Waals surface area contributed by atoms with Gasteiger partial charge < -0.3 is 5.32 Å². The van der Waals surface area contributed by atoms with Crippen LogP contribution in [-0.4, -0.2) is 13.1 Å². The van der Waals surface area contributed by atoms with Gasteiger partial charge in [-0.05, 0) is 81.2 Å². The normalized spacial score (nSPS) is 41.0. The van der Waals surface area contributed by atoms with Crippen LogP contribution in [0, 0.1) is 29.6 Å². The minimum Gasteiger partial charge on any atom is -0.316 e. The third-order valence-corrected chi connectivity index (χ3v) is 6.64. The number of nitrogens with one attached hydrogen (secondary N) is 1. The molecule has 5 atom stereocenters. The van der Waals surface area contributed by atoms with E-state index in [1.54, 1.807) is 32.1 Å². The SMILES string of the molecule is CCCNCC1CCCCCC1CC1CC2CCC1C2. The Kier molecular flexibility index (Phi) is 5.42. The lowest BCUT2D eigenvalue weighted by molar-refractivity contribution is 0.203. The van der Waals surface area contributed by atoms with Crippen LogP contribution in [0.2, 0.25) is 0 Å². The molecule has 20 heavy (non-hydrogen) atoms. The fraction of sp³-hybridized carbons (Fsp3) is 1.00. The molecule has 1 heteroatoms. The maximum atomic E-state index is 3.72. The smallest absolute Gasteiger partial charge is 0.00179 e. The zero-order valence-electron chi connectivity index (χ0n) is 13.6. The molecule has 3 aliphatic rings. The standard InChI is InChI=1S/C19H35N/c1-2-10-20-14-18-7-5-3-4-6-16(18)13-19-12-15-8-9-17(19)11-15/h15-20H,2-14H2,1H3. The van der Waals surface area contributed by atoms with Gasteiger partial charge in [-0.25, -0.2) is 0 Å². The van der Waals surface area contributed by atoms with Gasteiger partial charge in [0.05, 0.1) is 0 Å². The number of fused-ring (bicyclic) bond motifs is 2. The van der Waals surface area contributed by atoms with Crippen molar-refractivity contribution in [2.45, 2.75) is 77.6 Å². The van der Waals surface area contributed by atoms with E-state index in [2.05, 4.69) is 12.2 Å². The molecule has 116 valence electrons. The first-order valence-corrected chi connectivity index (χ1v) is 9.57. The number of rotatable bonds is 6. The molecule has 0 amide bonds. The van der Waals surface area contributed by atoms with E-state index in [9.17, 15) is 0 Å². The van der Waals surface area contributed by atoms with E-state index in [0.717, 1.165) is 29.6 Å². The molecule has 3 fully saturated rings. The zero-order valence-corrected chi connectivity index (χ0v) is 13.6. The van der Waals surface area contributed by atoms with Gasteiger partial charge in [0.25, 0.3) is 0 Å². The Morgan fingerprint density at radius 1 is 0.850 bits per heavy atom. The minimum atomic E-state index is 0.989. The van der Waals surface area contributed by atoms with Crippen molar-refractivity contribution in [2.24, 2.45) is 29.6 Å². The van der Waals surface area contributed by atoms with Crippen LogP contribution in [0.4, 0.5) is 0 Å². The molecule has 0 aromatic carbocycles. The Morgan fingerprint density at radius 3 is 2.40 bits per heavy atom. The zero-order chi connectivity index (χ0) is 13.8. The fourth-order valence-corrected chi connectivity index (χ4v) is 5.56. The molecule has 0 aromatic heterocycles. The molecule has 1 N–H and O–H groups in total. The third kappa shape index (κ3) is 3.59. The average Bonchev–Trinajstić information content (AvgIpc) is 3.00. The lowest BCUT2D eigenvalue weighted by Crippen LogP contribution is -2.30.